The molecule has 0 amide bonds. The Morgan fingerprint density at radius 1 is 1.08 bits per heavy atom. The Balaban J connectivity index is 1.57. The predicted octanol–water partition coefficient (Wildman–Crippen LogP) is 2.85. The molecule has 0 unspecified atom stereocenters. The predicted molar refractivity (Wildman–Crippen MR) is 104 cm³/mol. The first-order valence-electron chi connectivity index (χ1n) is 8.89. The molecule has 0 aliphatic carbocycles. The maximum atomic E-state index is 6.50. The Kier molecular flexibility index (Phi) is 5.99. The molecule has 3 rings (SSSR count). The van der Waals surface area contributed by atoms with E-state index in [0.717, 1.165) is 55.8 Å². The summed E-state index contributed by atoms with van der Waals surface area (Å²) in [6.45, 7) is 6.22. The highest BCUT2D eigenvalue weighted by molar-refractivity contribution is 6.31. The van der Waals surface area contributed by atoms with Crippen LogP contribution in [-0.2, 0) is 20.1 Å². The zero-order valence-electron chi connectivity index (χ0n) is 15.5. The summed E-state index contributed by atoms with van der Waals surface area (Å²) in [6, 6.07) is 6.36. The number of anilines is 1. The Hall–Kier alpha value is -1.56. The van der Waals surface area contributed by atoms with Crippen LogP contribution in [0.2, 0.25) is 5.02 Å². The molecule has 6 heteroatoms. The molecule has 0 saturated carbocycles. The van der Waals surface area contributed by atoms with Gasteiger partial charge in [-0.15, -0.1) is 0 Å². The third-order valence-electron chi connectivity index (χ3n) is 4.91. The Morgan fingerprint density at radius 3 is 2.40 bits per heavy atom. The molecule has 1 aromatic heterocycles. The molecule has 1 aromatic carbocycles. The first kappa shape index (κ1) is 18.2. The van der Waals surface area contributed by atoms with Gasteiger partial charge in [0, 0.05) is 63.9 Å². The molecule has 2 heterocycles. The van der Waals surface area contributed by atoms with Crippen molar-refractivity contribution < 1.29 is 0 Å². The summed E-state index contributed by atoms with van der Waals surface area (Å²) >= 11 is 6.50. The van der Waals surface area contributed by atoms with Crippen molar-refractivity contribution in [2.45, 2.75) is 19.5 Å². The molecule has 0 N–H and O–H groups in total. The second-order valence-electron chi connectivity index (χ2n) is 7.03. The van der Waals surface area contributed by atoms with Crippen molar-refractivity contribution in [2.75, 3.05) is 45.2 Å². The zero-order chi connectivity index (χ0) is 17.8. The van der Waals surface area contributed by atoms with E-state index in [1.54, 1.807) is 0 Å². The number of aryl methyl sites for hydroxylation is 1. The largest absolute Gasteiger partial charge is 0.378 e. The van der Waals surface area contributed by atoms with E-state index in [-0.39, 0.29) is 0 Å². The minimum atomic E-state index is 0.861. The van der Waals surface area contributed by atoms with E-state index in [1.807, 2.05) is 26.5 Å². The SMILES string of the molecule is CN(C)c1ccc(CN2CCCN(Cc3nccn3C)CC2)c(Cl)c1. The minimum Gasteiger partial charge on any atom is -0.378 e. The lowest BCUT2D eigenvalue weighted by atomic mass is 10.2. The maximum Gasteiger partial charge on any atom is 0.122 e. The molecule has 0 bridgehead atoms. The molecule has 2 aromatic rings. The highest BCUT2D eigenvalue weighted by atomic mass is 35.5. The zero-order valence-corrected chi connectivity index (χ0v) is 16.2. The minimum absolute atomic E-state index is 0.861. The fourth-order valence-corrected chi connectivity index (χ4v) is 3.51. The van der Waals surface area contributed by atoms with Gasteiger partial charge < -0.3 is 9.47 Å². The fraction of sp³-hybridized carbons (Fsp3) is 0.526. The molecule has 0 radical (unpaired) electrons. The van der Waals surface area contributed by atoms with Gasteiger partial charge in [-0.25, -0.2) is 4.98 Å². The fourth-order valence-electron chi connectivity index (χ4n) is 3.27. The maximum absolute atomic E-state index is 6.50. The van der Waals surface area contributed by atoms with Crippen LogP contribution in [-0.4, -0.2) is 59.6 Å². The Morgan fingerprint density at radius 2 is 1.80 bits per heavy atom. The van der Waals surface area contributed by atoms with Crippen molar-refractivity contribution in [3.8, 4) is 0 Å². The molecule has 1 fully saturated rings. The third kappa shape index (κ3) is 4.75. The molecule has 5 nitrogen and oxygen atoms in total. The van der Waals surface area contributed by atoms with Crippen molar-refractivity contribution in [3.05, 3.63) is 47.0 Å². The average Bonchev–Trinajstić information content (AvgIpc) is 2.85. The van der Waals surface area contributed by atoms with Gasteiger partial charge in [-0.1, -0.05) is 17.7 Å². The summed E-state index contributed by atoms with van der Waals surface area (Å²) in [4.78, 5) is 11.5. The lowest BCUT2D eigenvalue weighted by Gasteiger charge is -2.22. The molecule has 136 valence electrons. The third-order valence-corrected chi connectivity index (χ3v) is 5.27. The second-order valence-corrected chi connectivity index (χ2v) is 7.44. The van der Waals surface area contributed by atoms with Crippen LogP contribution in [0.5, 0.6) is 0 Å². The van der Waals surface area contributed by atoms with Crippen molar-refractivity contribution in [2.24, 2.45) is 7.05 Å². The van der Waals surface area contributed by atoms with Gasteiger partial charge in [0.25, 0.3) is 0 Å². The first-order valence-corrected chi connectivity index (χ1v) is 9.27. The molecule has 1 saturated heterocycles. The molecular formula is C19H28ClN5. The number of rotatable bonds is 5. The highest BCUT2D eigenvalue weighted by Crippen LogP contribution is 2.24. The van der Waals surface area contributed by atoms with Crippen LogP contribution in [0.4, 0.5) is 5.69 Å². The topological polar surface area (TPSA) is 27.5 Å². The van der Waals surface area contributed by atoms with Gasteiger partial charge in [0.15, 0.2) is 0 Å². The molecule has 25 heavy (non-hydrogen) atoms. The van der Waals surface area contributed by atoms with Gasteiger partial charge in [-0.3, -0.25) is 9.80 Å². The standard InChI is InChI=1S/C19H28ClN5/c1-22(2)17-6-5-16(18(20)13-17)14-24-8-4-9-25(12-11-24)15-19-21-7-10-23(19)3/h5-7,10,13H,4,8-9,11-12,14-15H2,1-3H3. The number of hydrogen-bond acceptors (Lipinski definition) is 4. The van der Waals surface area contributed by atoms with E-state index in [1.165, 1.54) is 12.0 Å². The van der Waals surface area contributed by atoms with Crippen molar-refractivity contribution in [3.63, 3.8) is 0 Å². The van der Waals surface area contributed by atoms with Crippen molar-refractivity contribution >= 4 is 17.3 Å². The number of nitrogens with zero attached hydrogens (tertiary/aromatic N) is 5. The summed E-state index contributed by atoms with van der Waals surface area (Å²) in [5.74, 6) is 1.13. The summed E-state index contributed by atoms with van der Waals surface area (Å²) in [5.41, 5.74) is 2.36. The highest BCUT2D eigenvalue weighted by Gasteiger charge is 2.17. The van der Waals surface area contributed by atoms with Crippen LogP contribution in [0.3, 0.4) is 0 Å². The van der Waals surface area contributed by atoms with Crippen LogP contribution in [0.25, 0.3) is 0 Å². The van der Waals surface area contributed by atoms with Gasteiger partial charge in [-0.2, -0.15) is 0 Å². The average molecular weight is 362 g/mol. The Bertz CT molecular complexity index is 697. The van der Waals surface area contributed by atoms with E-state index in [2.05, 4.69) is 49.5 Å². The van der Waals surface area contributed by atoms with Crippen LogP contribution < -0.4 is 4.90 Å². The number of benzene rings is 1. The number of hydrogen-bond donors (Lipinski definition) is 0. The molecule has 1 aliphatic rings. The summed E-state index contributed by atoms with van der Waals surface area (Å²) in [6.07, 6.45) is 5.07. The molecular weight excluding hydrogens is 334 g/mol. The monoisotopic (exact) mass is 361 g/mol. The van der Waals surface area contributed by atoms with Crippen LogP contribution >= 0.6 is 11.6 Å². The van der Waals surface area contributed by atoms with Crippen LogP contribution in [0.1, 0.15) is 17.8 Å². The molecule has 0 atom stereocenters. The summed E-state index contributed by atoms with van der Waals surface area (Å²) in [5, 5.41) is 0.861. The Labute approximate surface area is 155 Å². The van der Waals surface area contributed by atoms with Gasteiger partial charge in [-0.05, 0) is 37.2 Å². The quantitative estimate of drug-likeness (QED) is 0.818. The second kappa shape index (κ2) is 8.21. The number of halogens is 1. The molecule has 1 aliphatic heterocycles. The van der Waals surface area contributed by atoms with Crippen molar-refractivity contribution in [1.82, 2.24) is 19.4 Å². The number of imidazole rings is 1. The summed E-state index contributed by atoms with van der Waals surface area (Å²) in [7, 11) is 6.14. The van der Waals surface area contributed by atoms with Gasteiger partial charge >= 0.3 is 0 Å². The molecule has 0 spiro atoms. The van der Waals surface area contributed by atoms with Crippen LogP contribution in [0.15, 0.2) is 30.6 Å². The van der Waals surface area contributed by atoms with Gasteiger partial charge in [0.2, 0.25) is 0 Å². The van der Waals surface area contributed by atoms with E-state index >= 15 is 0 Å². The lowest BCUT2D eigenvalue weighted by molar-refractivity contribution is 0.242. The summed E-state index contributed by atoms with van der Waals surface area (Å²) < 4.78 is 2.11. The lowest BCUT2D eigenvalue weighted by Crippen LogP contribution is -2.31. The van der Waals surface area contributed by atoms with Gasteiger partial charge in [0.05, 0.1) is 6.54 Å². The first-order chi connectivity index (χ1) is 12.0. The van der Waals surface area contributed by atoms with E-state index in [0.29, 0.717) is 0 Å². The number of aromatic nitrogens is 2. The van der Waals surface area contributed by atoms with E-state index in [4.69, 9.17) is 11.6 Å². The van der Waals surface area contributed by atoms with E-state index < -0.39 is 0 Å². The van der Waals surface area contributed by atoms with Crippen LogP contribution in [0, 0.1) is 0 Å². The van der Waals surface area contributed by atoms with E-state index in [9.17, 15) is 0 Å². The normalized spacial score (nSPS) is 16.8. The van der Waals surface area contributed by atoms with Gasteiger partial charge in [0.1, 0.15) is 5.82 Å². The van der Waals surface area contributed by atoms with Crippen molar-refractivity contribution in [1.29, 1.82) is 0 Å². The smallest absolute Gasteiger partial charge is 0.122 e.